The van der Waals surface area contributed by atoms with Gasteiger partial charge in [0, 0.05) is 34.9 Å². The number of carbonyl (C=O) groups is 2. The minimum absolute atomic E-state index is 0.0149. The molecule has 0 aliphatic carbocycles. The summed E-state index contributed by atoms with van der Waals surface area (Å²) in [6, 6.07) is 0. The number of carbonyl (C=O) groups excluding carboxylic acids is 2. The van der Waals surface area contributed by atoms with Gasteiger partial charge in [-0.3, -0.25) is 9.20 Å². The van der Waals surface area contributed by atoms with Crippen LogP contribution in [0.15, 0.2) is 9.98 Å². The molecule has 1 atom stereocenters. The predicted molar refractivity (Wildman–Crippen MR) is 169 cm³/mol. The Bertz CT molecular complexity index is 685. The fourth-order valence-corrected chi connectivity index (χ4v) is 7.69. The molecule has 0 spiro atoms. The first kappa shape index (κ1) is 38.8. The van der Waals surface area contributed by atoms with E-state index in [9.17, 15) is 13.8 Å². The zero-order valence-electron chi connectivity index (χ0n) is 21.3. The molecule has 0 radical (unpaired) electrons. The monoisotopic (exact) mass is 688 g/mol. The SMILES string of the molecule is O=C(NCSCSC/N=C\S(=O)CSCSCOC(=O)NCSCSC/N=C\OOCCCO)OCCCO. The van der Waals surface area contributed by atoms with Crippen molar-refractivity contribution in [2.75, 3.05) is 76.2 Å². The maximum atomic E-state index is 11.9. The maximum Gasteiger partial charge on any atom is 0.408 e. The Morgan fingerprint density at radius 1 is 0.795 bits per heavy atom. The average molecular weight is 689 g/mol. The average Bonchev–Trinajstić information content (AvgIpc) is 2.92. The number of nitrogens with zero attached hydrogens (tertiary/aromatic N) is 2. The molecular weight excluding hydrogens is 653 g/mol. The lowest BCUT2D eigenvalue weighted by atomic mass is 10.5. The second kappa shape index (κ2) is 32.3. The van der Waals surface area contributed by atoms with Gasteiger partial charge in [0.1, 0.15) is 5.94 Å². The van der Waals surface area contributed by atoms with Crippen molar-refractivity contribution in [2.45, 2.75) is 12.8 Å². The highest BCUT2D eigenvalue weighted by Crippen LogP contribution is 2.14. The molecule has 0 bridgehead atoms. The van der Waals surface area contributed by atoms with Crippen LogP contribution < -0.4 is 10.6 Å². The Hall–Kier alpha value is -0.190. The van der Waals surface area contributed by atoms with Crippen LogP contribution >= 0.6 is 70.6 Å². The molecule has 0 aromatic rings. The van der Waals surface area contributed by atoms with Crippen LogP contribution in [-0.2, 0) is 30.0 Å². The van der Waals surface area contributed by atoms with Crippen molar-refractivity contribution in [3.63, 3.8) is 0 Å². The predicted octanol–water partition coefficient (Wildman–Crippen LogP) is 2.97. The second-order valence-corrected chi connectivity index (χ2v) is 14.8. The molecule has 0 aliphatic rings. The summed E-state index contributed by atoms with van der Waals surface area (Å²) >= 11 is 8.99. The molecule has 0 aromatic carbocycles. The first-order valence-corrected chi connectivity index (χ1v) is 19.5. The van der Waals surface area contributed by atoms with E-state index in [1.807, 2.05) is 0 Å². The van der Waals surface area contributed by atoms with E-state index in [1.165, 1.54) is 70.8 Å². The summed E-state index contributed by atoms with van der Waals surface area (Å²) in [6.45, 7) is 0.528. The van der Waals surface area contributed by atoms with Crippen molar-refractivity contribution >= 4 is 106 Å². The van der Waals surface area contributed by atoms with Crippen LogP contribution in [0.25, 0.3) is 0 Å². The van der Waals surface area contributed by atoms with Crippen LogP contribution in [0.1, 0.15) is 12.8 Å². The highest BCUT2D eigenvalue weighted by Gasteiger charge is 2.03. The standard InChI is InChI=1S/C19H36N4O9S7/c24-3-1-5-29-18(26)22-10-35-15-34-9-21-12-39(28)17-38-16-37-13-30-19(27)23-11-36-14-33-8-20-7-32-31-6-2-4-25/h7,12,24-25H,1-6,8-11,13-17H2,(H,22,26)(H,23,27)/b20-7-,21-12-. The molecule has 0 aromatic heterocycles. The van der Waals surface area contributed by atoms with E-state index in [0.717, 1.165) is 5.08 Å². The number of thioether (sulfide) groups is 6. The van der Waals surface area contributed by atoms with E-state index in [-0.39, 0.29) is 25.8 Å². The quantitative estimate of drug-likeness (QED) is 0.0247. The van der Waals surface area contributed by atoms with Gasteiger partial charge >= 0.3 is 12.2 Å². The first-order valence-electron chi connectivity index (χ1n) is 11.2. The van der Waals surface area contributed by atoms with Gasteiger partial charge in [-0.25, -0.2) is 14.6 Å². The molecule has 2 amide bonds. The molecule has 20 heteroatoms. The van der Waals surface area contributed by atoms with Gasteiger partial charge in [-0.1, -0.05) is 0 Å². The van der Waals surface area contributed by atoms with Crippen LogP contribution in [0.3, 0.4) is 0 Å². The van der Waals surface area contributed by atoms with Gasteiger partial charge in [-0.05, 0) is 6.42 Å². The Morgan fingerprint density at radius 2 is 1.41 bits per heavy atom. The van der Waals surface area contributed by atoms with Crippen molar-refractivity contribution in [1.82, 2.24) is 10.6 Å². The number of alkyl carbamates (subject to hydrolysis) is 2. The summed E-state index contributed by atoms with van der Waals surface area (Å²) in [7, 11) is -1.17. The number of hydrogen-bond acceptors (Lipinski definition) is 17. The molecule has 39 heavy (non-hydrogen) atoms. The van der Waals surface area contributed by atoms with Crippen LogP contribution in [0.5, 0.6) is 0 Å². The van der Waals surface area contributed by atoms with E-state index in [0.29, 0.717) is 58.2 Å². The van der Waals surface area contributed by atoms with E-state index < -0.39 is 23.0 Å². The zero-order chi connectivity index (χ0) is 28.7. The minimum atomic E-state index is -1.17. The topological polar surface area (TPSA) is 177 Å². The number of nitrogens with one attached hydrogen (secondary N) is 2. The number of aliphatic hydroxyl groups excluding tert-OH is 2. The van der Waals surface area contributed by atoms with Crippen molar-refractivity contribution in [3.05, 3.63) is 0 Å². The number of ether oxygens (including phenoxy) is 2. The summed E-state index contributed by atoms with van der Waals surface area (Å²) in [5.74, 6) is 2.01. The molecule has 0 saturated carbocycles. The van der Waals surface area contributed by atoms with Gasteiger partial charge in [0.25, 0.3) is 0 Å². The largest absolute Gasteiger partial charge is 0.449 e. The number of aliphatic imine (C=N–C) groups is 2. The van der Waals surface area contributed by atoms with Gasteiger partial charge in [0.2, 0.25) is 6.40 Å². The number of amides is 2. The summed E-state index contributed by atoms with van der Waals surface area (Å²) in [5, 5.41) is 24.9. The van der Waals surface area contributed by atoms with E-state index in [2.05, 4.69) is 25.5 Å². The van der Waals surface area contributed by atoms with E-state index in [4.69, 9.17) is 24.6 Å². The van der Waals surface area contributed by atoms with Crippen LogP contribution in [-0.4, -0.2) is 115 Å². The molecule has 0 rings (SSSR count). The van der Waals surface area contributed by atoms with Crippen molar-refractivity contribution < 1.29 is 43.3 Å². The fraction of sp³-hybridized carbons (Fsp3) is 0.789. The van der Waals surface area contributed by atoms with Crippen LogP contribution in [0, 0.1) is 0 Å². The second-order valence-electron chi connectivity index (χ2n) is 6.31. The van der Waals surface area contributed by atoms with Gasteiger partial charge < -0.3 is 35.2 Å². The molecule has 0 aliphatic heterocycles. The van der Waals surface area contributed by atoms with Gasteiger partial charge in [0.15, 0.2) is 0 Å². The minimum Gasteiger partial charge on any atom is -0.449 e. The molecule has 13 nitrogen and oxygen atoms in total. The van der Waals surface area contributed by atoms with E-state index >= 15 is 0 Å². The highest BCUT2D eigenvalue weighted by atomic mass is 32.2. The molecule has 228 valence electrons. The third kappa shape index (κ3) is 32.2. The smallest absolute Gasteiger partial charge is 0.408 e. The lowest BCUT2D eigenvalue weighted by molar-refractivity contribution is -0.217. The molecule has 1 unspecified atom stereocenters. The Morgan fingerprint density at radius 3 is 2.10 bits per heavy atom. The third-order valence-electron chi connectivity index (χ3n) is 3.24. The van der Waals surface area contributed by atoms with E-state index in [1.54, 1.807) is 11.8 Å². The molecule has 0 heterocycles. The number of hydrogen-bond donors (Lipinski definition) is 4. The van der Waals surface area contributed by atoms with Gasteiger partial charge in [-0.2, -0.15) is 4.89 Å². The summed E-state index contributed by atoms with van der Waals surface area (Å²) in [5.41, 5.74) is 1.43. The number of rotatable bonds is 27. The normalized spacial score (nSPS) is 12.1. The van der Waals surface area contributed by atoms with Crippen molar-refractivity contribution in [3.8, 4) is 0 Å². The lowest BCUT2D eigenvalue weighted by Gasteiger charge is -2.06. The summed E-state index contributed by atoms with van der Waals surface area (Å²) in [4.78, 5) is 40.4. The highest BCUT2D eigenvalue weighted by molar-refractivity contribution is 8.22. The Kier molecular flexibility index (Phi) is 32.2. The molecule has 4 N–H and O–H groups in total. The molecule has 0 fully saturated rings. The third-order valence-corrected chi connectivity index (χ3v) is 10.9. The number of aliphatic hydroxyl groups is 2. The lowest BCUT2D eigenvalue weighted by Crippen LogP contribution is -2.24. The zero-order valence-corrected chi connectivity index (χ0v) is 27.0. The summed E-state index contributed by atoms with van der Waals surface area (Å²) in [6.07, 6.45) is 1.14. The van der Waals surface area contributed by atoms with Crippen molar-refractivity contribution in [1.29, 1.82) is 0 Å². The molecular formula is C19H36N4O9S7. The van der Waals surface area contributed by atoms with Gasteiger partial charge in [0.05, 0.1) is 58.2 Å². The van der Waals surface area contributed by atoms with Crippen molar-refractivity contribution in [2.24, 2.45) is 9.98 Å². The van der Waals surface area contributed by atoms with Gasteiger partial charge in [-0.15, -0.1) is 70.6 Å². The Labute approximate surface area is 257 Å². The van der Waals surface area contributed by atoms with Crippen LogP contribution in [0.4, 0.5) is 9.59 Å². The maximum absolute atomic E-state index is 11.9. The molecule has 0 saturated heterocycles. The van der Waals surface area contributed by atoms with Crippen LogP contribution in [0.2, 0.25) is 0 Å². The fourth-order valence-electron chi connectivity index (χ4n) is 1.64. The summed E-state index contributed by atoms with van der Waals surface area (Å²) < 4.78 is 21.8. The Balaban J connectivity index is 3.42. The first-order chi connectivity index (χ1) is 19.1.